The first-order valence-corrected chi connectivity index (χ1v) is 9.80. The van der Waals surface area contributed by atoms with Crippen LogP contribution in [0.15, 0.2) is 70.2 Å². The molecular formula is C23H28N4O2. The van der Waals surface area contributed by atoms with E-state index in [1.54, 1.807) is 19.2 Å². The molecule has 2 aromatic heterocycles. The molecule has 3 aromatic rings. The van der Waals surface area contributed by atoms with Gasteiger partial charge in [0.25, 0.3) is 0 Å². The summed E-state index contributed by atoms with van der Waals surface area (Å²) in [5.41, 5.74) is 1.95. The molecule has 0 amide bonds. The van der Waals surface area contributed by atoms with E-state index in [1.165, 1.54) is 0 Å². The second-order valence-electron chi connectivity index (χ2n) is 7.15. The van der Waals surface area contributed by atoms with Gasteiger partial charge in [0, 0.05) is 18.3 Å². The van der Waals surface area contributed by atoms with E-state index in [4.69, 9.17) is 4.42 Å². The van der Waals surface area contributed by atoms with Gasteiger partial charge in [-0.25, -0.2) is 4.99 Å². The molecule has 2 heterocycles. The minimum atomic E-state index is -1.14. The van der Waals surface area contributed by atoms with Crippen LogP contribution >= 0.6 is 0 Å². The molecule has 1 aromatic carbocycles. The molecule has 6 nitrogen and oxygen atoms in total. The predicted molar refractivity (Wildman–Crippen MR) is 116 cm³/mol. The number of aromatic nitrogens is 1. The van der Waals surface area contributed by atoms with Gasteiger partial charge in [-0.3, -0.25) is 4.98 Å². The monoisotopic (exact) mass is 392 g/mol. The molecule has 0 radical (unpaired) electrons. The van der Waals surface area contributed by atoms with Crippen LogP contribution in [0.2, 0.25) is 0 Å². The van der Waals surface area contributed by atoms with Crippen LogP contribution in [0.1, 0.15) is 30.9 Å². The van der Waals surface area contributed by atoms with Crippen LogP contribution in [-0.2, 0) is 12.1 Å². The highest BCUT2D eigenvalue weighted by Gasteiger charge is 2.27. The quantitative estimate of drug-likeness (QED) is 0.423. The third kappa shape index (κ3) is 5.68. The zero-order valence-electron chi connectivity index (χ0n) is 17.1. The first-order valence-electron chi connectivity index (χ1n) is 9.80. The highest BCUT2D eigenvalue weighted by Crippen LogP contribution is 2.22. The third-order valence-electron chi connectivity index (χ3n) is 4.52. The average molecular weight is 393 g/mol. The van der Waals surface area contributed by atoms with Crippen molar-refractivity contribution in [3.8, 4) is 11.3 Å². The number of rotatable bonds is 7. The maximum atomic E-state index is 10.7. The summed E-state index contributed by atoms with van der Waals surface area (Å²) in [5.74, 6) is 1.94. The minimum absolute atomic E-state index is 0.278. The smallest absolute Gasteiger partial charge is 0.191 e. The first-order chi connectivity index (χ1) is 14.0. The third-order valence-corrected chi connectivity index (χ3v) is 4.52. The van der Waals surface area contributed by atoms with Crippen LogP contribution in [-0.4, -0.2) is 29.1 Å². The number of nitrogens with one attached hydrogen (secondary N) is 2. The number of hydrogen-bond acceptors (Lipinski definition) is 4. The molecule has 0 aliphatic carbocycles. The topological polar surface area (TPSA) is 82.7 Å². The van der Waals surface area contributed by atoms with Crippen molar-refractivity contribution in [1.29, 1.82) is 0 Å². The van der Waals surface area contributed by atoms with E-state index in [-0.39, 0.29) is 6.54 Å². The summed E-state index contributed by atoms with van der Waals surface area (Å²) in [7, 11) is 0. The average Bonchev–Trinajstić information content (AvgIpc) is 3.18. The molecule has 1 atom stereocenters. The molecule has 0 bridgehead atoms. The molecule has 3 N–H and O–H groups in total. The summed E-state index contributed by atoms with van der Waals surface area (Å²) >= 11 is 0. The minimum Gasteiger partial charge on any atom is -0.463 e. The lowest BCUT2D eigenvalue weighted by Crippen LogP contribution is -2.44. The van der Waals surface area contributed by atoms with Crippen molar-refractivity contribution in [3.05, 3.63) is 77.9 Å². The fraction of sp³-hybridized carbons (Fsp3) is 0.304. The van der Waals surface area contributed by atoms with Crippen molar-refractivity contribution in [2.75, 3.05) is 13.1 Å². The lowest BCUT2D eigenvalue weighted by Gasteiger charge is -2.22. The van der Waals surface area contributed by atoms with E-state index in [2.05, 4.69) is 26.7 Å². The molecule has 1 unspecified atom stereocenters. The van der Waals surface area contributed by atoms with E-state index in [1.807, 2.05) is 56.3 Å². The Bertz CT molecular complexity index is 948. The zero-order valence-corrected chi connectivity index (χ0v) is 17.1. The lowest BCUT2D eigenvalue weighted by molar-refractivity contribution is 0.0378. The molecule has 0 aliphatic rings. The zero-order chi connectivity index (χ0) is 20.7. The number of aryl methyl sites for hydroxylation is 1. The molecule has 0 fully saturated rings. The van der Waals surface area contributed by atoms with Gasteiger partial charge in [-0.15, -0.1) is 0 Å². The number of nitrogens with zero attached hydrogens (tertiary/aromatic N) is 2. The van der Waals surface area contributed by atoms with Crippen molar-refractivity contribution >= 4 is 5.96 Å². The molecule has 3 rings (SSSR count). The summed E-state index contributed by atoms with van der Waals surface area (Å²) in [6.07, 6.45) is 1.79. The molecule has 0 aliphatic heterocycles. The highest BCUT2D eigenvalue weighted by molar-refractivity contribution is 5.79. The molecule has 152 valence electrons. The van der Waals surface area contributed by atoms with Crippen LogP contribution in [0.5, 0.6) is 0 Å². The van der Waals surface area contributed by atoms with Crippen LogP contribution in [0.25, 0.3) is 11.3 Å². The van der Waals surface area contributed by atoms with Crippen molar-refractivity contribution in [2.45, 2.75) is 32.9 Å². The molecule has 6 heteroatoms. The summed E-state index contributed by atoms with van der Waals surface area (Å²) < 4.78 is 5.57. The van der Waals surface area contributed by atoms with E-state index in [0.717, 1.165) is 29.1 Å². The largest absolute Gasteiger partial charge is 0.463 e. The molecular weight excluding hydrogens is 364 g/mol. The van der Waals surface area contributed by atoms with E-state index < -0.39 is 5.60 Å². The summed E-state index contributed by atoms with van der Waals surface area (Å²) in [4.78, 5) is 9.06. The van der Waals surface area contributed by atoms with Crippen LogP contribution in [0.4, 0.5) is 0 Å². The van der Waals surface area contributed by atoms with Gasteiger partial charge in [-0.05, 0) is 56.7 Å². The summed E-state index contributed by atoms with van der Waals surface area (Å²) in [6.45, 7) is 7.10. The number of pyridine rings is 1. The normalized spacial score (nSPS) is 13.7. The number of hydrogen-bond donors (Lipinski definition) is 3. The van der Waals surface area contributed by atoms with Crippen molar-refractivity contribution < 1.29 is 9.52 Å². The second kappa shape index (κ2) is 9.39. The Kier molecular flexibility index (Phi) is 6.67. The Morgan fingerprint density at radius 3 is 2.69 bits per heavy atom. The predicted octanol–water partition coefficient (Wildman–Crippen LogP) is 3.61. The van der Waals surface area contributed by atoms with Gasteiger partial charge in [0.15, 0.2) is 5.96 Å². The Labute approximate surface area is 171 Å². The Morgan fingerprint density at radius 2 is 2.00 bits per heavy atom. The van der Waals surface area contributed by atoms with Gasteiger partial charge in [0.05, 0.1) is 18.8 Å². The SMILES string of the molecule is CCNC(=NCc1cccc(-c2ccccn2)c1)NCC(C)(O)c1ccc(C)o1. The maximum Gasteiger partial charge on any atom is 0.191 e. The van der Waals surface area contributed by atoms with Gasteiger partial charge < -0.3 is 20.2 Å². The molecule has 0 saturated carbocycles. The Morgan fingerprint density at radius 1 is 1.14 bits per heavy atom. The van der Waals surface area contributed by atoms with E-state index in [0.29, 0.717) is 18.3 Å². The fourth-order valence-electron chi connectivity index (χ4n) is 2.94. The van der Waals surface area contributed by atoms with Gasteiger partial charge in [-0.2, -0.15) is 0 Å². The molecule has 29 heavy (non-hydrogen) atoms. The molecule has 0 spiro atoms. The fourth-order valence-corrected chi connectivity index (χ4v) is 2.94. The Hall–Kier alpha value is -3.12. The van der Waals surface area contributed by atoms with Gasteiger partial charge >= 0.3 is 0 Å². The summed E-state index contributed by atoms with van der Waals surface area (Å²) in [5, 5.41) is 17.1. The van der Waals surface area contributed by atoms with Crippen molar-refractivity contribution in [2.24, 2.45) is 4.99 Å². The number of furan rings is 1. The van der Waals surface area contributed by atoms with E-state index in [9.17, 15) is 5.11 Å². The van der Waals surface area contributed by atoms with Crippen molar-refractivity contribution in [3.63, 3.8) is 0 Å². The number of aliphatic imine (C=N–C) groups is 1. The van der Waals surface area contributed by atoms with Gasteiger partial charge in [0.1, 0.15) is 17.1 Å². The summed E-state index contributed by atoms with van der Waals surface area (Å²) in [6, 6.07) is 17.7. The van der Waals surface area contributed by atoms with E-state index >= 15 is 0 Å². The number of benzene rings is 1. The van der Waals surface area contributed by atoms with Gasteiger partial charge in [0.2, 0.25) is 0 Å². The molecule has 0 saturated heterocycles. The number of aliphatic hydroxyl groups is 1. The van der Waals surface area contributed by atoms with Crippen LogP contribution < -0.4 is 10.6 Å². The second-order valence-corrected chi connectivity index (χ2v) is 7.15. The Balaban J connectivity index is 1.68. The highest BCUT2D eigenvalue weighted by atomic mass is 16.4. The maximum absolute atomic E-state index is 10.7. The van der Waals surface area contributed by atoms with Crippen LogP contribution in [0, 0.1) is 6.92 Å². The standard InChI is InChI=1S/C23H28N4O2/c1-4-24-22(27-16-23(3,28)21-12-11-17(2)29-21)26-15-18-8-7-9-19(14-18)20-10-5-6-13-25-20/h5-14,28H,4,15-16H2,1-3H3,(H2,24,26,27). The first kappa shape index (κ1) is 20.6. The van der Waals surface area contributed by atoms with Gasteiger partial charge in [-0.1, -0.05) is 24.3 Å². The van der Waals surface area contributed by atoms with Crippen LogP contribution in [0.3, 0.4) is 0 Å². The lowest BCUT2D eigenvalue weighted by atomic mass is 10.0. The van der Waals surface area contributed by atoms with Crippen molar-refractivity contribution in [1.82, 2.24) is 15.6 Å². The number of guanidine groups is 1.